The predicted molar refractivity (Wildman–Crippen MR) is 108 cm³/mol. The number of hydrogen-bond donors (Lipinski definition) is 1. The number of ether oxygens (including phenoxy) is 1. The molecule has 1 aromatic heterocycles. The zero-order valence-corrected chi connectivity index (χ0v) is 17.6. The summed E-state index contributed by atoms with van der Waals surface area (Å²) in [6.07, 6.45) is 5.26. The zero-order valence-electron chi connectivity index (χ0n) is 16.0. The number of aromatic hydroxyl groups is 1. The third-order valence-electron chi connectivity index (χ3n) is 5.12. The van der Waals surface area contributed by atoms with Gasteiger partial charge in [-0.25, -0.2) is 0 Å². The van der Waals surface area contributed by atoms with Gasteiger partial charge in [-0.1, -0.05) is 0 Å². The minimum Gasteiger partial charge on any atom is -0.503 e. The molecule has 0 spiro atoms. The second-order valence-corrected chi connectivity index (χ2v) is 7.64. The third-order valence-corrected chi connectivity index (χ3v) is 5.73. The van der Waals surface area contributed by atoms with E-state index >= 15 is 0 Å². The summed E-state index contributed by atoms with van der Waals surface area (Å²) in [7, 11) is 3.43. The molecule has 1 amide bonds. The highest BCUT2D eigenvalue weighted by atomic mass is 79.9. The molecule has 144 valence electrons. The van der Waals surface area contributed by atoms with Crippen molar-refractivity contribution in [2.24, 2.45) is 7.05 Å². The summed E-state index contributed by atoms with van der Waals surface area (Å²) in [5.41, 5.74) is 4.02. The molecule has 0 aliphatic carbocycles. The number of halogens is 1. The van der Waals surface area contributed by atoms with Crippen LogP contribution in [0.5, 0.6) is 11.5 Å². The number of aromatic nitrogens is 2. The van der Waals surface area contributed by atoms with Gasteiger partial charge in [-0.15, -0.1) is 0 Å². The third kappa shape index (κ3) is 3.74. The number of aryl methyl sites for hydroxylation is 2. The predicted octanol–water partition coefficient (Wildman–Crippen LogP) is 3.89. The van der Waals surface area contributed by atoms with Gasteiger partial charge < -0.3 is 14.7 Å². The molecule has 7 heteroatoms. The fourth-order valence-electron chi connectivity index (χ4n) is 3.71. The lowest BCUT2D eigenvalue weighted by atomic mass is 10.0. The number of benzene rings is 1. The Hall–Kier alpha value is -2.28. The Balaban J connectivity index is 1.83. The van der Waals surface area contributed by atoms with Gasteiger partial charge >= 0.3 is 0 Å². The van der Waals surface area contributed by atoms with Crippen LogP contribution in [0, 0.1) is 13.8 Å². The van der Waals surface area contributed by atoms with E-state index in [1.54, 1.807) is 24.3 Å². The smallest absolute Gasteiger partial charge is 0.247 e. The van der Waals surface area contributed by atoms with Crippen LogP contribution in [0.15, 0.2) is 22.7 Å². The first-order valence-electron chi connectivity index (χ1n) is 8.88. The van der Waals surface area contributed by atoms with Gasteiger partial charge in [0.05, 0.1) is 23.3 Å². The van der Waals surface area contributed by atoms with Crippen molar-refractivity contribution < 1.29 is 14.6 Å². The number of phenols is 1. The van der Waals surface area contributed by atoms with Gasteiger partial charge in [0.25, 0.3) is 0 Å². The van der Waals surface area contributed by atoms with Gasteiger partial charge in [0.15, 0.2) is 11.5 Å². The molecule has 1 fully saturated rings. The van der Waals surface area contributed by atoms with Crippen LogP contribution < -0.4 is 4.74 Å². The molecule has 1 atom stereocenters. The molecule has 1 aliphatic heterocycles. The minimum atomic E-state index is -0.0247. The number of phenolic OH excluding ortho intramolecular Hbond substituents is 1. The molecule has 0 bridgehead atoms. The van der Waals surface area contributed by atoms with Gasteiger partial charge in [-0.05, 0) is 66.4 Å². The first kappa shape index (κ1) is 19.5. The van der Waals surface area contributed by atoms with Gasteiger partial charge in [-0.3, -0.25) is 9.48 Å². The van der Waals surface area contributed by atoms with E-state index in [0.29, 0.717) is 10.2 Å². The Labute approximate surface area is 167 Å². The van der Waals surface area contributed by atoms with Crippen LogP contribution in [0.4, 0.5) is 0 Å². The van der Waals surface area contributed by atoms with Gasteiger partial charge in [0.1, 0.15) is 0 Å². The molecule has 1 aromatic carbocycles. The first-order valence-corrected chi connectivity index (χ1v) is 9.68. The number of carbonyl (C=O) groups excluding carboxylic acids is 1. The highest BCUT2D eigenvalue weighted by Gasteiger charge is 2.32. The standard InChI is InChI=1S/C20H24BrN3O3/c1-12-19(13(2)23(3)22-12)16-6-5-9-24(16)18(25)8-7-14-10-15(21)20(26)17(11-14)27-4/h7-8,10-11,16,26H,5-6,9H2,1-4H3/b8-7+. The summed E-state index contributed by atoms with van der Waals surface area (Å²) >= 11 is 3.30. The first-order chi connectivity index (χ1) is 12.8. The lowest BCUT2D eigenvalue weighted by molar-refractivity contribution is -0.126. The van der Waals surface area contributed by atoms with E-state index < -0.39 is 0 Å². The molecular weight excluding hydrogens is 410 g/mol. The van der Waals surface area contributed by atoms with Crippen LogP contribution in [-0.2, 0) is 11.8 Å². The molecule has 1 N–H and O–H groups in total. The second kappa shape index (κ2) is 7.76. The molecule has 3 rings (SSSR count). The van der Waals surface area contributed by atoms with Crippen LogP contribution in [0.2, 0.25) is 0 Å². The van der Waals surface area contributed by atoms with Crippen molar-refractivity contribution in [3.05, 3.63) is 45.2 Å². The quantitative estimate of drug-likeness (QED) is 0.742. The molecule has 1 unspecified atom stereocenters. The highest BCUT2D eigenvalue weighted by molar-refractivity contribution is 9.10. The Morgan fingerprint density at radius 1 is 1.41 bits per heavy atom. The fourth-order valence-corrected chi connectivity index (χ4v) is 4.17. The molecule has 0 radical (unpaired) electrons. The van der Waals surface area contributed by atoms with E-state index in [2.05, 4.69) is 21.0 Å². The monoisotopic (exact) mass is 433 g/mol. The van der Waals surface area contributed by atoms with Crippen LogP contribution in [0.3, 0.4) is 0 Å². The minimum absolute atomic E-state index is 0.0247. The Bertz CT molecular complexity index is 904. The summed E-state index contributed by atoms with van der Waals surface area (Å²) in [4.78, 5) is 14.8. The molecular formula is C20H24BrN3O3. The number of methoxy groups -OCH3 is 1. The van der Waals surface area contributed by atoms with Gasteiger partial charge in [0, 0.05) is 30.9 Å². The zero-order chi connectivity index (χ0) is 19.7. The summed E-state index contributed by atoms with van der Waals surface area (Å²) in [5.74, 6) is 0.378. The molecule has 27 heavy (non-hydrogen) atoms. The average molecular weight is 434 g/mol. The molecule has 2 heterocycles. The molecule has 1 saturated heterocycles. The molecule has 0 saturated carbocycles. The van der Waals surface area contributed by atoms with Crippen LogP contribution >= 0.6 is 15.9 Å². The number of amides is 1. The molecule has 6 nitrogen and oxygen atoms in total. The maximum atomic E-state index is 12.9. The van der Waals surface area contributed by atoms with Crippen molar-refractivity contribution in [3.63, 3.8) is 0 Å². The largest absolute Gasteiger partial charge is 0.503 e. The van der Waals surface area contributed by atoms with E-state index in [0.717, 1.165) is 41.9 Å². The average Bonchev–Trinajstić information content (AvgIpc) is 3.20. The Kier molecular flexibility index (Phi) is 5.60. The number of rotatable bonds is 4. The van der Waals surface area contributed by atoms with Crippen LogP contribution in [0.25, 0.3) is 6.08 Å². The fraction of sp³-hybridized carbons (Fsp3) is 0.400. The summed E-state index contributed by atoms with van der Waals surface area (Å²) in [6, 6.07) is 3.51. The number of nitrogens with zero attached hydrogens (tertiary/aromatic N) is 3. The van der Waals surface area contributed by atoms with Gasteiger partial charge in [0.2, 0.25) is 5.91 Å². The molecule has 2 aromatic rings. The topological polar surface area (TPSA) is 67.6 Å². The van der Waals surface area contributed by atoms with Crippen LogP contribution in [0.1, 0.15) is 41.4 Å². The van der Waals surface area contributed by atoms with Gasteiger partial charge in [-0.2, -0.15) is 5.10 Å². The number of hydrogen-bond acceptors (Lipinski definition) is 4. The molecule has 1 aliphatic rings. The van der Waals surface area contributed by atoms with Crippen molar-refractivity contribution in [3.8, 4) is 11.5 Å². The van der Waals surface area contributed by atoms with Crippen molar-refractivity contribution in [1.29, 1.82) is 0 Å². The van der Waals surface area contributed by atoms with Crippen molar-refractivity contribution >= 4 is 27.9 Å². The van der Waals surface area contributed by atoms with E-state index in [4.69, 9.17) is 4.74 Å². The maximum absolute atomic E-state index is 12.9. The summed E-state index contributed by atoms with van der Waals surface area (Å²) < 4.78 is 7.56. The van der Waals surface area contributed by atoms with Crippen LogP contribution in [-0.4, -0.2) is 39.3 Å². The maximum Gasteiger partial charge on any atom is 0.247 e. The lowest BCUT2D eigenvalue weighted by Crippen LogP contribution is -2.29. The second-order valence-electron chi connectivity index (χ2n) is 6.78. The summed E-state index contributed by atoms with van der Waals surface area (Å²) in [6.45, 7) is 4.79. The highest BCUT2D eigenvalue weighted by Crippen LogP contribution is 2.37. The Morgan fingerprint density at radius 2 is 2.15 bits per heavy atom. The van der Waals surface area contributed by atoms with E-state index in [1.165, 1.54) is 7.11 Å². The number of carbonyl (C=O) groups is 1. The Morgan fingerprint density at radius 3 is 2.78 bits per heavy atom. The summed E-state index contributed by atoms with van der Waals surface area (Å²) in [5, 5.41) is 14.4. The lowest BCUT2D eigenvalue weighted by Gasteiger charge is -2.24. The van der Waals surface area contributed by atoms with E-state index in [1.807, 2.05) is 30.5 Å². The van der Waals surface area contributed by atoms with E-state index in [-0.39, 0.29) is 17.7 Å². The normalized spacial score (nSPS) is 17.1. The number of likely N-dealkylation sites (tertiary alicyclic amines) is 1. The van der Waals surface area contributed by atoms with Crippen molar-refractivity contribution in [2.75, 3.05) is 13.7 Å². The van der Waals surface area contributed by atoms with Crippen molar-refractivity contribution in [1.82, 2.24) is 14.7 Å². The SMILES string of the molecule is COc1cc(/C=C/C(=O)N2CCCC2c2c(C)nn(C)c2C)cc(Br)c1O. The van der Waals surface area contributed by atoms with Crippen molar-refractivity contribution in [2.45, 2.75) is 32.7 Å². The van der Waals surface area contributed by atoms with E-state index in [9.17, 15) is 9.90 Å².